The third-order valence-corrected chi connectivity index (χ3v) is 3.53. The molecule has 1 saturated heterocycles. The van der Waals surface area contributed by atoms with Gasteiger partial charge in [0.15, 0.2) is 5.69 Å². The van der Waals surface area contributed by atoms with Crippen LogP contribution in [0, 0.1) is 5.41 Å². The smallest absolute Gasteiger partial charge is 0.356 e. The summed E-state index contributed by atoms with van der Waals surface area (Å²) in [4.78, 5) is 22.0. The van der Waals surface area contributed by atoms with Gasteiger partial charge in [-0.05, 0) is 11.8 Å². The van der Waals surface area contributed by atoms with Crippen molar-refractivity contribution >= 4 is 11.7 Å². The first kappa shape index (κ1) is 13.8. The normalized spacial score (nSPS) is 18.1. The van der Waals surface area contributed by atoms with Crippen molar-refractivity contribution in [3.63, 3.8) is 0 Å². The van der Waals surface area contributed by atoms with Gasteiger partial charge in [0, 0.05) is 19.0 Å². The van der Waals surface area contributed by atoms with E-state index in [0.717, 1.165) is 19.5 Å². The lowest BCUT2D eigenvalue weighted by molar-refractivity contribution is 0.0690. The summed E-state index contributed by atoms with van der Waals surface area (Å²) in [5.41, 5.74) is 0.978. The molecule has 0 saturated carbocycles. The van der Waals surface area contributed by atoms with Crippen molar-refractivity contribution in [2.45, 2.75) is 40.0 Å². The molecule has 0 amide bonds. The van der Waals surface area contributed by atoms with E-state index in [9.17, 15) is 9.90 Å². The fourth-order valence-corrected chi connectivity index (χ4v) is 2.37. The maximum absolute atomic E-state index is 11.4. The molecule has 0 spiro atoms. The second kappa shape index (κ2) is 4.79. The summed E-state index contributed by atoms with van der Waals surface area (Å²) in [6.45, 7) is 10.0. The SMILES string of the molecule is CC(C)c1ncc(N2CCC(C)(C)C2)c(C(=O)O)n1. The Bertz CT molecular complexity index is 497. The predicted octanol–water partition coefficient (Wildman–Crippen LogP) is 2.53. The van der Waals surface area contributed by atoms with Crippen LogP contribution in [-0.4, -0.2) is 34.1 Å². The topological polar surface area (TPSA) is 66.3 Å². The summed E-state index contributed by atoms with van der Waals surface area (Å²) in [5, 5.41) is 9.35. The third-order valence-electron chi connectivity index (χ3n) is 3.53. The molecule has 5 nitrogen and oxygen atoms in total. The zero-order valence-electron chi connectivity index (χ0n) is 12.0. The van der Waals surface area contributed by atoms with Gasteiger partial charge in [-0.1, -0.05) is 27.7 Å². The van der Waals surface area contributed by atoms with Gasteiger partial charge in [-0.2, -0.15) is 0 Å². The van der Waals surface area contributed by atoms with E-state index in [0.29, 0.717) is 11.5 Å². The van der Waals surface area contributed by atoms with E-state index in [1.54, 1.807) is 6.20 Å². The number of rotatable bonds is 3. The highest BCUT2D eigenvalue weighted by molar-refractivity contribution is 5.92. The molecule has 1 aromatic rings. The molecule has 104 valence electrons. The molecule has 0 radical (unpaired) electrons. The molecule has 0 bridgehead atoms. The average molecular weight is 263 g/mol. The molecular weight excluding hydrogens is 242 g/mol. The number of carboxylic acid groups (broad SMARTS) is 1. The fourth-order valence-electron chi connectivity index (χ4n) is 2.37. The van der Waals surface area contributed by atoms with E-state index in [2.05, 4.69) is 28.7 Å². The quantitative estimate of drug-likeness (QED) is 0.907. The Kier molecular flexibility index (Phi) is 3.47. The van der Waals surface area contributed by atoms with Crippen LogP contribution in [0.4, 0.5) is 5.69 Å². The van der Waals surface area contributed by atoms with Crippen LogP contribution < -0.4 is 4.90 Å². The molecule has 1 aromatic heterocycles. The van der Waals surface area contributed by atoms with Crippen molar-refractivity contribution in [1.82, 2.24) is 9.97 Å². The molecular formula is C14H21N3O2. The zero-order valence-corrected chi connectivity index (χ0v) is 12.0. The Hall–Kier alpha value is -1.65. The Morgan fingerprint density at radius 1 is 1.47 bits per heavy atom. The van der Waals surface area contributed by atoms with Gasteiger partial charge in [-0.15, -0.1) is 0 Å². The largest absolute Gasteiger partial charge is 0.476 e. The van der Waals surface area contributed by atoms with Crippen molar-refractivity contribution in [1.29, 1.82) is 0 Å². The lowest BCUT2D eigenvalue weighted by Crippen LogP contribution is -2.26. The van der Waals surface area contributed by atoms with Crippen LogP contribution in [0.2, 0.25) is 0 Å². The van der Waals surface area contributed by atoms with Gasteiger partial charge >= 0.3 is 5.97 Å². The van der Waals surface area contributed by atoms with Gasteiger partial charge in [-0.3, -0.25) is 0 Å². The molecule has 19 heavy (non-hydrogen) atoms. The first-order valence-corrected chi connectivity index (χ1v) is 6.65. The van der Waals surface area contributed by atoms with Crippen LogP contribution in [0.15, 0.2) is 6.20 Å². The van der Waals surface area contributed by atoms with Crippen molar-refractivity contribution < 1.29 is 9.90 Å². The van der Waals surface area contributed by atoms with Crippen LogP contribution in [-0.2, 0) is 0 Å². The van der Waals surface area contributed by atoms with Crippen LogP contribution in [0.25, 0.3) is 0 Å². The minimum atomic E-state index is -0.982. The molecule has 0 aliphatic carbocycles. The van der Waals surface area contributed by atoms with E-state index in [1.807, 2.05) is 13.8 Å². The highest BCUT2D eigenvalue weighted by Crippen LogP contribution is 2.33. The lowest BCUT2D eigenvalue weighted by Gasteiger charge is -2.22. The Labute approximate surface area is 113 Å². The Balaban J connectivity index is 2.38. The minimum absolute atomic E-state index is 0.122. The number of anilines is 1. The number of hydrogen-bond acceptors (Lipinski definition) is 4. The molecule has 1 aliphatic rings. The van der Waals surface area contributed by atoms with Crippen LogP contribution in [0.3, 0.4) is 0 Å². The summed E-state index contributed by atoms with van der Waals surface area (Å²) in [6, 6.07) is 0. The zero-order chi connectivity index (χ0) is 14.2. The van der Waals surface area contributed by atoms with Crippen LogP contribution >= 0.6 is 0 Å². The number of aromatic carboxylic acids is 1. The van der Waals surface area contributed by atoms with Gasteiger partial charge in [0.25, 0.3) is 0 Å². The molecule has 1 aliphatic heterocycles. The summed E-state index contributed by atoms with van der Waals surface area (Å²) in [5.74, 6) is -0.272. The minimum Gasteiger partial charge on any atom is -0.476 e. The number of carbonyl (C=O) groups is 1. The van der Waals surface area contributed by atoms with Gasteiger partial charge < -0.3 is 10.0 Å². The molecule has 2 rings (SSSR count). The molecule has 1 fully saturated rings. The van der Waals surface area contributed by atoms with Gasteiger partial charge in [-0.25, -0.2) is 14.8 Å². The van der Waals surface area contributed by atoms with Crippen LogP contribution in [0.1, 0.15) is 56.3 Å². The first-order valence-electron chi connectivity index (χ1n) is 6.65. The maximum Gasteiger partial charge on any atom is 0.356 e. The number of carboxylic acids is 1. The van der Waals surface area contributed by atoms with Crippen molar-refractivity contribution in [3.05, 3.63) is 17.7 Å². The van der Waals surface area contributed by atoms with E-state index >= 15 is 0 Å². The van der Waals surface area contributed by atoms with E-state index in [-0.39, 0.29) is 17.0 Å². The van der Waals surface area contributed by atoms with Crippen molar-refractivity contribution in [2.75, 3.05) is 18.0 Å². The number of nitrogens with zero attached hydrogens (tertiary/aromatic N) is 3. The second-order valence-corrected chi connectivity index (χ2v) is 6.26. The van der Waals surface area contributed by atoms with Crippen molar-refractivity contribution in [2.24, 2.45) is 5.41 Å². The number of aromatic nitrogens is 2. The number of hydrogen-bond donors (Lipinski definition) is 1. The van der Waals surface area contributed by atoms with Gasteiger partial charge in [0.05, 0.1) is 11.9 Å². The Morgan fingerprint density at radius 3 is 2.63 bits per heavy atom. The highest BCUT2D eigenvalue weighted by Gasteiger charge is 2.32. The molecule has 0 aromatic carbocycles. The monoisotopic (exact) mass is 263 g/mol. The van der Waals surface area contributed by atoms with E-state index in [4.69, 9.17) is 0 Å². The summed E-state index contributed by atoms with van der Waals surface area (Å²) in [7, 11) is 0. The van der Waals surface area contributed by atoms with Gasteiger partial charge in [0.1, 0.15) is 5.82 Å². The van der Waals surface area contributed by atoms with E-state index in [1.165, 1.54) is 0 Å². The Morgan fingerprint density at radius 2 is 2.16 bits per heavy atom. The van der Waals surface area contributed by atoms with Crippen LogP contribution in [0.5, 0.6) is 0 Å². The van der Waals surface area contributed by atoms with E-state index < -0.39 is 5.97 Å². The summed E-state index contributed by atoms with van der Waals surface area (Å²) in [6.07, 6.45) is 2.71. The third kappa shape index (κ3) is 2.85. The van der Waals surface area contributed by atoms with Gasteiger partial charge in [0.2, 0.25) is 0 Å². The molecule has 0 unspecified atom stereocenters. The molecule has 0 atom stereocenters. The highest BCUT2D eigenvalue weighted by atomic mass is 16.4. The maximum atomic E-state index is 11.4. The molecule has 1 N–H and O–H groups in total. The fraction of sp³-hybridized carbons (Fsp3) is 0.643. The van der Waals surface area contributed by atoms with Crippen molar-refractivity contribution in [3.8, 4) is 0 Å². The summed E-state index contributed by atoms with van der Waals surface area (Å²) < 4.78 is 0. The predicted molar refractivity (Wildman–Crippen MR) is 73.7 cm³/mol. The molecule has 2 heterocycles. The standard InChI is InChI=1S/C14H21N3O2/c1-9(2)12-15-7-10(11(16-12)13(18)19)17-6-5-14(3,4)8-17/h7,9H,5-6,8H2,1-4H3,(H,18,19). The first-order chi connectivity index (χ1) is 8.80. The second-order valence-electron chi connectivity index (χ2n) is 6.26. The average Bonchev–Trinajstić information content (AvgIpc) is 2.68. The lowest BCUT2D eigenvalue weighted by atomic mass is 9.93. The summed E-state index contributed by atoms with van der Waals surface area (Å²) >= 11 is 0. The molecule has 5 heteroatoms.